The van der Waals surface area contributed by atoms with Crippen molar-refractivity contribution < 1.29 is 13.2 Å². The first-order chi connectivity index (χ1) is 14.7. The van der Waals surface area contributed by atoms with E-state index >= 15 is 0 Å². The molecule has 0 saturated carbocycles. The highest BCUT2D eigenvalue weighted by molar-refractivity contribution is 5.68. The van der Waals surface area contributed by atoms with Crippen LogP contribution in [0.25, 0.3) is 5.57 Å². The van der Waals surface area contributed by atoms with Crippen LogP contribution in [0.15, 0.2) is 52.2 Å². The fraction of sp³-hybridized carbons (Fsp3) is 0.318. The predicted molar refractivity (Wildman–Crippen MR) is 110 cm³/mol. The lowest BCUT2D eigenvalue weighted by molar-refractivity contribution is -0.141. The average molecular weight is 430 g/mol. The van der Waals surface area contributed by atoms with Crippen LogP contribution in [0.4, 0.5) is 13.2 Å². The molecule has 1 aliphatic rings. The molecule has 0 spiro atoms. The van der Waals surface area contributed by atoms with E-state index in [1.807, 2.05) is 30.3 Å². The van der Waals surface area contributed by atoms with Gasteiger partial charge in [0.05, 0.1) is 0 Å². The smallest absolute Gasteiger partial charge is 0.311 e. The number of aromatic nitrogens is 4. The third-order valence-electron chi connectivity index (χ3n) is 5.56. The maximum absolute atomic E-state index is 13.3. The Bertz CT molecular complexity index is 1240. The van der Waals surface area contributed by atoms with E-state index in [0.717, 1.165) is 10.2 Å². The number of aromatic amines is 2. The maximum Gasteiger partial charge on any atom is 0.435 e. The van der Waals surface area contributed by atoms with Crippen molar-refractivity contribution in [2.24, 2.45) is 7.05 Å². The van der Waals surface area contributed by atoms with E-state index < -0.39 is 23.1 Å². The topological polar surface area (TPSA) is 83.5 Å². The summed E-state index contributed by atoms with van der Waals surface area (Å²) in [7, 11) is 1.46. The largest absolute Gasteiger partial charge is 0.435 e. The minimum atomic E-state index is -4.53. The van der Waals surface area contributed by atoms with E-state index in [1.165, 1.54) is 13.2 Å². The molecule has 0 aliphatic heterocycles. The molecule has 2 aromatic heterocycles. The van der Waals surface area contributed by atoms with Crippen LogP contribution < -0.4 is 11.2 Å². The summed E-state index contributed by atoms with van der Waals surface area (Å²) in [6.45, 7) is 0. The number of H-pyrrole nitrogens is 2. The Morgan fingerprint density at radius 3 is 2.55 bits per heavy atom. The van der Waals surface area contributed by atoms with E-state index in [0.29, 0.717) is 42.5 Å². The van der Waals surface area contributed by atoms with Crippen molar-refractivity contribution in [2.75, 3.05) is 0 Å². The summed E-state index contributed by atoms with van der Waals surface area (Å²) in [5.41, 5.74) is 0.695. The number of benzene rings is 1. The van der Waals surface area contributed by atoms with E-state index in [1.54, 1.807) is 6.08 Å². The van der Waals surface area contributed by atoms with E-state index in [4.69, 9.17) is 0 Å². The lowest BCUT2D eigenvalue weighted by Crippen LogP contribution is -2.30. The molecule has 0 fully saturated rings. The van der Waals surface area contributed by atoms with Gasteiger partial charge in [0, 0.05) is 42.4 Å². The Morgan fingerprint density at radius 2 is 1.90 bits per heavy atom. The SMILES string of the molecule is Cn1cc(C2=CCC(c3[nH]c(=O)[nH]c(=O)c3Cc3ccccc3)CC2)c(C(F)(F)F)n1. The molecule has 0 bridgehead atoms. The molecule has 31 heavy (non-hydrogen) atoms. The Kier molecular flexibility index (Phi) is 5.43. The van der Waals surface area contributed by atoms with E-state index in [2.05, 4.69) is 15.1 Å². The molecule has 1 aromatic carbocycles. The van der Waals surface area contributed by atoms with Crippen molar-refractivity contribution in [3.05, 3.63) is 91.5 Å². The maximum atomic E-state index is 13.3. The van der Waals surface area contributed by atoms with Gasteiger partial charge in [-0.2, -0.15) is 18.3 Å². The third kappa shape index (κ3) is 4.40. The molecule has 2 heterocycles. The molecule has 1 aliphatic carbocycles. The first-order valence-corrected chi connectivity index (χ1v) is 9.92. The molecule has 9 heteroatoms. The summed E-state index contributed by atoms with van der Waals surface area (Å²) in [6, 6.07) is 9.42. The monoisotopic (exact) mass is 430 g/mol. The number of halogens is 3. The number of alkyl halides is 3. The van der Waals surface area contributed by atoms with Crippen molar-refractivity contribution >= 4 is 5.57 Å². The standard InChI is InChI=1S/C22H21F3N4O2/c1-29-12-17(19(28-29)22(23,24)25)14-7-9-15(10-8-14)18-16(20(30)27-21(31)26-18)11-13-5-3-2-4-6-13/h2-7,12,15H,8-11H2,1H3,(H2,26,27,30,31). The Balaban J connectivity index is 1.66. The van der Waals surface area contributed by atoms with Crippen LogP contribution in [0.3, 0.4) is 0 Å². The number of rotatable bonds is 4. The second-order valence-corrected chi connectivity index (χ2v) is 7.73. The highest BCUT2D eigenvalue weighted by Gasteiger charge is 2.38. The lowest BCUT2D eigenvalue weighted by atomic mass is 9.83. The molecule has 0 amide bonds. The van der Waals surface area contributed by atoms with Gasteiger partial charge in [0.1, 0.15) is 0 Å². The van der Waals surface area contributed by atoms with Crippen LogP contribution in [0.5, 0.6) is 0 Å². The van der Waals surface area contributed by atoms with Crippen LogP contribution in [0.2, 0.25) is 0 Å². The molecule has 0 saturated heterocycles. The number of allylic oxidation sites excluding steroid dienone is 2. The zero-order valence-corrected chi connectivity index (χ0v) is 16.8. The molecule has 3 aromatic rings. The summed E-state index contributed by atoms with van der Waals surface area (Å²) in [5.74, 6) is -0.163. The molecule has 2 N–H and O–H groups in total. The normalized spacial score (nSPS) is 16.9. The second-order valence-electron chi connectivity index (χ2n) is 7.73. The van der Waals surface area contributed by atoms with Gasteiger partial charge in [-0.05, 0) is 30.4 Å². The number of hydrogen-bond acceptors (Lipinski definition) is 3. The lowest BCUT2D eigenvalue weighted by Gasteiger charge is -2.24. The van der Waals surface area contributed by atoms with Gasteiger partial charge in [-0.25, -0.2) is 4.79 Å². The first-order valence-electron chi connectivity index (χ1n) is 9.92. The zero-order valence-electron chi connectivity index (χ0n) is 16.8. The van der Waals surface area contributed by atoms with Gasteiger partial charge in [0.15, 0.2) is 5.69 Å². The van der Waals surface area contributed by atoms with Gasteiger partial charge in [0.2, 0.25) is 0 Å². The Morgan fingerprint density at radius 1 is 1.16 bits per heavy atom. The molecular weight excluding hydrogens is 409 g/mol. The minimum Gasteiger partial charge on any atom is -0.311 e. The fourth-order valence-corrected chi connectivity index (χ4v) is 4.13. The van der Waals surface area contributed by atoms with Crippen molar-refractivity contribution in [1.29, 1.82) is 0 Å². The van der Waals surface area contributed by atoms with Crippen molar-refractivity contribution in [3.63, 3.8) is 0 Å². The van der Waals surface area contributed by atoms with E-state index in [-0.39, 0.29) is 11.5 Å². The van der Waals surface area contributed by atoms with Gasteiger partial charge in [-0.1, -0.05) is 36.4 Å². The molecule has 4 rings (SSSR count). The fourth-order valence-electron chi connectivity index (χ4n) is 4.13. The van der Waals surface area contributed by atoms with Crippen LogP contribution in [0, 0.1) is 0 Å². The number of hydrogen-bond donors (Lipinski definition) is 2. The highest BCUT2D eigenvalue weighted by Crippen LogP contribution is 2.40. The third-order valence-corrected chi connectivity index (χ3v) is 5.56. The first kappa shape index (κ1) is 20.9. The van der Waals surface area contributed by atoms with Gasteiger partial charge >= 0.3 is 11.9 Å². The zero-order chi connectivity index (χ0) is 22.2. The number of nitrogens with one attached hydrogen (secondary N) is 2. The van der Waals surface area contributed by atoms with Crippen LogP contribution in [0.1, 0.15) is 53.3 Å². The summed E-state index contributed by atoms with van der Waals surface area (Å²) in [6.07, 6.45) is 0.281. The molecule has 1 unspecified atom stereocenters. The van der Waals surface area contributed by atoms with Gasteiger partial charge < -0.3 is 4.98 Å². The highest BCUT2D eigenvalue weighted by atomic mass is 19.4. The summed E-state index contributed by atoms with van der Waals surface area (Å²) in [5, 5.41) is 3.58. The van der Waals surface area contributed by atoms with Gasteiger partial charge in [-0.15, -0.1) is 0 Å². The Labute approximate surface area is 175 Å². The van der Waals surface area contributed by atoms with Crippen molar-refractivity contribution in [1.82, 2.24) is 19.7 Å². The molecular formula is C22H21F3N4O2. The van der Waals surface area contributed by atoms with Crippen molar-refractivity contribution in [2.45, 2.75) is 37.8 Å². The minimum absolute atomic E-state index is 0.0809. The van der Waals surface area contributed by atoms with Crippen LogP contribution in [-0.4, -0.2) is 19.7 Å². The quantitative estimate of drug-likeness (QED) is 0.661. The summed E-state index contributed by atoms with van der Waals surface area (Å²) < 4.78 is 41.1. The Hall–Kier alpha value is -3.36. The van der Waals surface area contributed by atoms with Crippen LogP contribution >= 0.6 is 0 Å². The van der Waals surface area contributed by atoms with Crippen LogP contribution in [-0.2, 0) is 19.6 Å². The summed E-state index contributed by atoms with van der Waals surface area (Å²) in [4.78, 5) is 29.5. The molecule has 1 atom stereocenters. The molecule has 0 radical (unpaired) electrons. The predicted octanol–water partition coefficient (Wildman–Crippen LogP) is 3.76. The summed E-state index contributed by atoms with van der Waals surface area (Å²) >= 11 is 0. The molecule has 6 nitrogen and oxygen atoms in total. The van der Waals surface area contributed by atoms with Gasteiger partial charge in [0.25, 0.3) is 5.56 Å². The number of nitrogens with zero attached hydrogens (tertiary/aromatic N) is 2. The molecule has 162 valence electrons. The average Bonchev–Trinajstić information content (AvgIpc) is 3.13. The number of aryl methyl sites for hydroxylation is 1. The second kappa shape index (κ2) is 8.05. The van der Waals surface area contributed by atoms with Crippen molar-refractivity contribution in [3.8, 4) is 0 Å². The van der Waals surface area contributed by atoms with Gasteiger partial charge in [-0.3, -0.25) is 14.5 Å². The van der Waals surface area contributed by atoms with E-state index in [9.17, 15) is 22.8 Å².